The van der Waals surface area contributed by atoms with Crippen molar-refractivity contribution >= 4 is 28.2 Å². The summed E-state index contributed by atoms with van der Waals surface area (Å²) in [6, 6.07) is 10.3. The maximum atomic E-state index is 11.9. The lowest BCUT2D eigenvalue weighted by molar-refractivity contribution is -0.135. The summed E-state index contributed by atoms with van der Waals surface area (Å²) < 4.78 is 0. The molecule has 0 aliphatic carbocycles. The van der Waals surface area contributed by atoms with Crippen LogP contribution in [-0.4, -0.2) is 16.7 Å². The molecule has 1 heterocycles. The molecule has 2 aromatic rings. The molecule has 0 bridgehead atoms. The lowest BCUT2D eigenvalue weighted by atomic mass is 9.96. The number of hydrogen-bond acceptors (Lipinski definition) is 5. The molecule has 0 aliphatic heterocycles. The van der Waals surface area contributed by atoms with Crippen LogP contribution in [0.15, 0.2) is 41.9 Å². The van der Waals surface area contributed by atoms with E-state index < -0.39 is 17.6 Å². The van der Waals surface area contributed by atoms with E-state index in [0.29, 0.717) is 10.7 Å². The number of nitrogens with one attached hydrogen (secondary N) is 1. The average molecular weight is 271 g/mol. The Kier molecular flexibility index (Phi) is 4.00. The first kappa shape index (κ1) is 12.9. The molecule has 0 fully saturated rings. The highest BCUT2D eigenvalue weighted by molar-refractivity contribution is 7.13. The number of nitriles is 1. The molecule has 1 unspecified atom stereocenters. The van der Waals surface area contributed by atoms with Crippen molar-refractivity contribution in [2.75, 3.05) is 5.32 Å². The molecule has 1 aromatic carbocycles. The minimum absolute atomic E-state index is 0.336. The van der Waals surface area contributed by atoms with E-state index in [9.17, 15) is 9.59 Å². The minimum Gasteiger partial charge on any atom is -0.295 e. The Morgan fingerprint density at radius 3 is 2.63 bits per heavy atom. The number of carbonyl (C=O) groups is 2. The fraction of sp³-hybridized carbons (Fsp3) is 0.0769. The van der Waals surface area contributed by atoms with Crippen LogP contribution < -0.4 is 5.32 Å². The summed E-state index contributed by atoms with van der Waals surface area (Å²) in [6.07, 6.45) is 1.52. The van der Waals surface area contributed by atoms with Gasteiger partial charge in [0.05, 0.1) is 6.07 Å². The second-order valence-electron chi connectivity index (χ2n) is 3.63. The molecular formula is C13H9N3O2S. The second-order valence-corrected chi connectivity index (χ2v) is 4.52. The number of amides is 1. The molecule has 0 radical (unpaired) electrons. The zero-order valence-electron chi connectivity index (χ0n) is 9.74. The van der Waals surface area contributed by atoms with Crippen LogP contribution in [0.1, 0.15) is 11.5 Å². The average Bonchev–Trinajstić information content (AvgIpc) is 2.93. The SMILES string of the molecule is N#CC(C(=O)C(=O)Nc1nccs1)c1ccccc1. The Labute approximate surface area is 113 Å². The first-order valence-electron chi connectivity index (χ1n) is 5.41. The quantitative estimate of drug-likeness (QED) is 0.862. The fourth-order valence-corrected chi connectivity index (χ4v) is 2.03. The number of anilines is 1. The highest BCUT2D eigenvalue weighted by Gasteiger charge is 2.27. The van der Waals surface area contributed by atoms with Crippen molar-refractivity contribution < 1.29 is 9.59 Å². The van der Waals surface area contributed by atoms with E-state index in [1.807, 2.05) is 6.07 Å². The molecule has 94 valence electrons. The summed E-state index contributed by atoms with van der Waals surface area (Å²) in [7, 11) is 0. The van der Waals surface area contributed by atoms with Crippen molar-refractivity contribution in [2.24, 2.45) is 0 Å². The largest absolute Gasteiger partial charge is 0.295 e. The van der Waals surface area contributed by atoms with E-state index >= 15 is 0 Å². The molecule has 0 spiro atoms. The van der Waals surface area contributed by atoms with Crippen LogP contribution in [0, 0.1) is 11.3 Å². The van der Waals surface area contributed by atoms with E-state index in [2.05, 4.69) is 10.3 Å². The zero-order valence-corrected chi connectivity index (χ0v) is 10.6. The van der Waals surface area contributed by atoms with Crippen LogP contribution in [0.3, 0.4) is 0 Å². The van der Waals surface area contributed by atoms with Crippen molar-refractivity contribution in [3.05, 3.63) is 47.5 Å². The van der Waals surface area contributed by atoms with Crippen LogP contribution >= 0.6 is 11.3 Å². The van der Waals surface area contributed by atoms with E-state index in [-0.39, 0.29) is 0 Å². The van der Waals surface area contributed by atoms with Gasteiger partial charge in [0.1, 0.15) is 5.92 Å². The predicted octanol–water partition coefficient (Wildman–Crippen LogP) is 1.96. The topological polar surface area (TPSA) is 82.8 Å². The summed E-state index contributed by atoms with van der Waals surface area (Å²) in [5, 5.41) is 13.5. The second kappa shape index (κ2) is 5.89. The summed E-state index contributed by atoms with van der Waals surface area (Å²) in [6.45, 7) is 0. The van der Waals surface area contributed by atoms with Crippen molar-refractivity contribution in [3.63, 3.8) is 0 Å². The monoisotopic (exact) mass is 271 g/mol. The van der Waals surface area contributed by atoms with Gasteiger partial charge >= 0.3 is 0 Å². The lowest BCUT2D eigenvalue weighted by Gasteiger charge is -2.07. The molecule has 0 saturated carbocycles. The number of nitrogens with zero attached hydrogens (tertiary/aromatic N) is 2. The molecule has 6 heteroatoms. The normalized spacial score (nSPS) is 11.3. The molecule has 5 nitrogen and oxygen atoms in total. The van der Waals surface area contributed by atoms with Crippen LogP contribution in [-0.2, 0) is 9.59 Å². The Morgan fingerprint density at radius 1 is 1.32 bits per heavy atom. The van der Waals surface area contributed by atoms with Gasteiger partial charge < -0.3 is 0 Å². The molecule has 19 heavy (non-hydrogen) atoms. The molecular weight excluding hydrogens is 262 g/mol. The molecule has 2 rings (SSSR count). The van der Waals surface area contributed by atoms with E-state index in [1.165, 1.54) is 17.5 Å². The Morgan fingerprint density at radius 2 is 2.05 bits per heavy atom. The fourth-order valence-electron chi connectivity index (χ4n) is 1.51. The summed E-state index contributed by atoms with van der Waals surface area (Å²) in [5.74, 6) is -2.71. The summed E-state index contributed by atoms with van der Waals surface area (Å²) in [4.78, 5) is 27.5. The molecule has 1 amide bonds. The molecule has 1 atom stereocenters. The van der Waals surface area contributed by atoms with Gasteiger partial charge in [-0.25, -0.2) is 4.98 Å². The third-order valence-electron chi connectivity index (χ3n) is 2.40. The molecule has 0 aliphatic rings. The maximum absolute atomic E-state index is 11.9. The van der Waals surface area contributed by atoms with Crippen molar-refractivity contribution in [1.82, 2.24) is 4.98 Å². The Bertz CT molecular complexity index is 617. The third-order valence-corrected chi connectivity index (χ3v) is 3.09. The number of rotatable bonds is 4. The Hall–Kier alpha value is -2.52. The summed E-state index contributed by atoms with van der Waals surface area (Å²) in [5.41, 5.74) is 0.504. The number of ketones is 1. The number of hydrogen-bond donors (Lipinski definition) is 1. The van der Waals surface area contributed by atoms with Crippen LogP contribution in [0.25, 0.3) is 0 Å². The van der Waals surface area contributed by atoms with Gasteiger partial charge in [-0.15, -0.1) is 11.3 Å². The first-order chi connectivity index (χ1) is 9.22. The minimum atomic E-state index is -1.10. The zero-order chi connectivity index (χ0) is 13.7. The highest BCUT2D eigenvalue weighted by atomic mass is 32.1. The van der Waals surface area contributed by atoms with Gasteiger partial charge in [0.15, 0.2) is 5.13 Å². The van der Waals surface area contributed by atoms with Crippen molar-refractivity contribution in [2.45, 2.75) is 5.92 Å². The number of aromatic nitrogens is 1. The van der Waals surface area contributed by atoms with Crippen molar-refractivity contribution in [1.29, 1.82) is 5.26 Å². The predicted molar refractivity (Wildman–Crippen MR) is 70.5 cm³/mol. The number of benzene rings is 1. The van der Waals surface area contributed by atoms with E-state index in [1.54, 1.807) is 35.7 Å². The lowest BCUT2D eigenvalue weighted by Crippen LogP contribution is -2.27. The van der Waals surface area contributed by atoms with Gasteiger partial charge in [0.25, 0.3) is 5.91 Å². The Balaban J connectivity index is 2.14. The van der Waals surface area contributed by atoms with Gasteiger partial charge in [0, 0.05) is 11.6 Å². The molecule has 0 saturated heterocycles. The third kappa shape index (κ3) is 3.03. The smallest absolute Gasteiger partial charge is 0.295 e. The van der Waals surface area contributed by atoms with Gasteiger partial charge in [0.2, 0.25) is 5.78 Å². The molecule has 1 aromatic heterocycles. The van der Waals surface area contributed by atoms with Crippen LogP contribution in [0.2, 0.25) is 0 Å². The maximum Gasteiger partial charge on any atom is 0.295 e. The standard InChI is InChI=1S/C13H9N3O2S/c14-8-10(9-4-2-1-3-5-9)11(17)12(18)16-13-15-6-7-19-13/h1-7,10H,(H,15,16,18). The number of Topliss-reactive ketones (excluding diaryl/α,β-unsaturated/α-hetero) is 1. The summed E-state index contributed by atoms with van der Waals surface area (Å²) >= 11 is 1.21. The van der Waals surface area contributed by atoms with Crippen LogP contribution in [0.5, 0.6) is 0 Å². The van der Waals surface area contributed by atoms with E-state index in [0.717, 1.165) is 0 Å². The first-order valence-corrected chi connectivity index (χ1v) is 6.29. The molecule has 1 N–H and O–H groups in total. The van der Waals surface area contributed by atoms with Crippen LogP contribution in [0.4, 0.5) is 5.13 Å². The number of thiazole rings is 1. The van der Waals surface area contributed by atoms with Gasteiger partial charge in [-0.1, -0.05) is 30.3 Å². The van der Waals surface area contributed by atoms with Gasteiger partial charge in [-0.2, -0.15) is 5.26 Å². The highest BCUT2D eigenvalue weighted by Crippen LogP contribution is 2.17. The van der Waals surface area contributed by atoms with Gasteiger partial charge in [-0.3, -0.25) is 14.9 Å². The number of carbonyl (C=O) groups excluding carboxylic acids is 2. The van der Waals surface area contributed by atoms with Crippen molar-refractivity contribution in [3.8, 4) is 6.07 Å². The van der Waals surface area contributed by atoms with Gasteiger partial charge in [-0.05, 0) is 5.56 Å². The van der Waals surface area contributed by atoms with E-state index in [4.69, 9.17) is 5.26 Å².